The van der Waals surface area contributed by atoms with Crippen LogP contribution in [0.3, 0.4) is 0 Å². The maximum absolute atomic E-state index is 5.42. The van der Waals surface area contributed by atoms with E-state index in [1.807, 2.05) is 18.2 Å². The second-order valence-corrected chi connectivity index (χ2v) is 3.72. The van der Waals surface area contributed by atoms with Crippen molar-refractivity contribution >= 4 is 0 Å². The maximum Gasteiger partial charge on any atom is 0.231 e. The molecule has 0 bridgehead atoms. The molecule has 0 fully saturated rings. The third-order valence-corrected chi connectivity index (χ3v) is 2.53. The summed E-state index contributed by atoms with van der Waals surface area (Å²) in [6, 6.07) is 5.94. The van der Waals surface area contributed by atoms with Crippen molar-refractivity contribution in [2.24, 2.45) is 0 Å². The van der Waals surface area contributed by atoms with Gasteiger partial charge in [-0.25, -0.2) is 0 Å². The molecule has 0 saturated carbocycles. The van der Waals surface area contributed by atoms with E-state index in [9.17, 15) is 0 Å². The van der Waals surface area contributed by atoms with Crippen LogP contribution in [-0.4, -0.2) is 19.9 Å². The fourth-order valence-corrected chi connectivity index (χ4v) is 1.72. The minimum absolute atomic E-state index is 0.319. The van der Waals surface area contributed by atoms with Gasteiger partial charge in [0.2, 0.25) is 6.79 Å². The van der Waals surface area contributed by atoms with Crippen molar-refractivity contribution in [3.8, 4) is 11.5 Å². The van der Waals surface area contributed by atoms with Crippen molar-refractivity contribution in [2.75, 3.05) is 19.9 Å². The molecule has 1 N–H and O–H groups in total. The molecular weight excluding hydrogens is 218 g/mol. The van der Waals surface area contributed by atoms with Gasteiger partial charge in [0.1, 0.15) is 0 Å². The van der Waals surface area contributed by atoms with Gasteiger partial charge in [-0.2, -0.15) is 0 Å². The van der Waals surface area contributed by atoms with Crippen molar-refractivity contribution in [3.63, 3.8) is 0 Å². The Kier molecular flexibility index (Phi) is 4.27. The van der Waals surface area contributed by atoms with Crippen molar-refractivity contribution in [2.45, 2.75) is 13.0 Å². The Balaban J connectivity index is 1.76. The van der Waals surface area contributed by atoms with Crippen molar-refractivity contribution in [3.05, 3.63) is 36.6 Å². The topological polar surface area (TPSA) is 39.7 Å². The highest BCUT2D eigenvalue weighted by Crippen LogP contribution is 2.35. The number of hydrogen-bond acceptors (Lipinski definition) is 4. The zero-order valence-corrected chi connectivity index (χ0v) is 9.78. The first-order valence-electron chi connectivity index (χ1n) is 5.72. The Morgan fingerprint density at radius 1 is 1.41 bits per heavy atom. The first-order valence-corrected chi connectivity index (χ1v) is 5.72. The van der Waals surface area contributed by atoms with Crippen LogP contribution in [0.4, 0.5) is 0 Å². The molecule has 4 nitrogen and oxygen atoms in total. The van der Waals surface area contributed by atoms with Gasteiger partial charge in [0, 0.05) is 12.1 Å². The minimum atomic E-state index is 0.319. The van der Waals surface area contributed by atoms with Gasteiger partial charge in [-0.1, -0.05) is 18.7 Å². The zero-order valence-electron chi connectivity index (χ0n) is 9.78. The Morgan fingerprint density at radius 2 is 2.35 bits per heavy atom. The summed E-state index contributed by atoms with van der Waals surface area (Å²) in [4.78, 5) is 0. The minimum Gasteiger partial charge on any atom is -0.502 e. The van der Waals surface area contributed by atoms with Crippen LogP contribution in [0.25, 0.3) is 0 Å². The molecule has 17 heavy (non-hydrogen) atoms. The fourth-order valence-electron chi connectivity index (χ4n) is 1.72. The molecule has 92 valence electrons. The van der Waals surface area contributed by atoms with Crippen LogP contribution < -0.4 is 14.8 Å². The van der Waals surface area contributed by atoms with Crippen LogP contribution in [0, 0.1) is 0 Å². The number of rotatable bonds is 7. The molecule has 0 aliphatic carbocycles. The highest BCUT2D eigenvalue weighted by atomic mass is 16.7. The van der Waals surface area contributed by atoms with Crippen molar-refractivity contribution in [1.29, 1.82) is 0 Å². The molecule has 0 amide bonds. The van der Waals surface area contributed by atoms with Crippen LogP contribution >= 0.6 is 0 Å². The summed E-state index contributed by atoms with van der Waals surface area (Å²) in [7, 11) is 0. The number of nitrogens with one attached hydrogen (secondary N) is 1. The molecule has 0 atom stereocenters. The first-order chi connectivity index (χ1) is 8.42. The van der Waals surface area contributed by atoms with Gasteiger partial charge in [0.15, 0.2) is 11.5 Å². The Hall–Kier alpha value is -1.68. The van der Waals surface area contributed by atoms with Gasteiger partial charge in [0.05, 0.1) is 12.9 Å². The van der Waals surface area contributed by atoms with E-state index in [-0.39, 0.29) is 0 Å². The first kappa shape index (κ1) is 11.8. The monoisotopic (exact) mass is 235 g/mol. The third kappa shape index (κ3) is 3.14. The molecule has 0 aromatic heterocycles. The van der Waals surface area contributed by atoms with E-state index < -0.39 is 0 Å². The lowest BCUT2D eigenvalue weighted by atomic mass is 10.2. The van der Waals surface area contributed by atoms with E-state index in [1.54, 1.807) is 0 Å². The van der Waals surface area contributed by atoms with Crippen LogP contribution in [0.15, 0.2) is 31.0 Å². The molecule has 0 saturated heterocycles. The molecule has 0 unspecified atom stereocenters. The summed E-state index contributed by atoms with van der Waals surface area (Å²) < 4.78 is 15.8. The van der Waals surface area contributed by atoms with Crippen LogP contribution in [0.1, 0.15) is 12.0 Å². The standard InChI is InChI=1S/C13H17NO3/c1-2-15-8-4-7-14-9-11-5-3-6-12-13(11)17-10-16-12/h2-3,5-6,14H,1,4,7-10H2. The summed E-state index contributed by atoms with van der Waals surface area (Å²) in [6.07, 6.45) is 2.42. The highest BCUT2D eigenvalue weighted by molar-refractivity contribution is 5.48. The molecule has 1 aromatic carbocycles. The SMILES string of the molecule is C=COCCCNCc1cccc2c1OCO2. The number of benzene rings is 1. The van der Waals surface area contributed by atoms with Crippen LogP contribution in [0.5, 0.6) is 11.5 Å². The van der Waals surface area contributed by atoms with Crippen molar-refractivity contribution < 1.29 is 14.2 Å². The number of fused-ring (bicyclic) bond motifs is 1. The summed E-state index contributed by atoms with van der Waals surface area (Å²) in [5, 5.41) is 3.34. The summed E-state index contributed by atoms with van der Waals surface area (Å²) in [5.41, 5.74) is 1.13. The molecule has 1 aromatic rings. The molecular formula is C13H17NO3. The van der Waals surface area contributed by atoms with E-state index in [4.69, 9.17) is 14.2 Å². The van der Waals surface area contributed by atoms with E-state index in [2.05, 4.69) is 11.9 Å². The lowest BCUT2D eigenvalue weighted by Crippen LogP contribution is -2.16. The van der Waals surface area contributed by atoms with E-state index >= 15 is 0 Å². The predicted molar refractivity (Wildman–Crippen MR) is 65.0 cm³/mol. The normalized spacial score (nSPS) is 12.5. The average Bonchev–Trinajstić information content (AvgIpc) is 2.82. The predicted octanol–water partition coefficient (Wildman–Crippen LogP) is 2.06. The molecule has 1 aliphatic heterocycles. The summed E-state index contributed by atoms with van der Waals surface area (Å²) in [6.45, 7) is 6.19. The average molecular weight is 235 g/mol. The molecule has 2 rings (SSSR count). The molecule has 0 spiro atoms. The Bertz CT molecular complexity index is 379. The summed E-state index contributed by atoms with van der Waals surface area (Å²) >= 11 is 0. The molecule has 1 aliphatic rings. The van der Waals surface area contributed by atoms with E-state index in [1.165, 1.54) is 6.26 Å². The zero-order chi connectivity index (χ0) is 11.9. The van der Waals surface area contributed by atoms with E-state index in [0.717, 1.165) is 36.6 Å². The van der Waals surface area contributed by atoms with Gasteiger partial charge in [-0.05, 0) is 19.0 Å². The lowest BCUT2D eigenvalue weighted by Gasteiger charge is -2.07. The van der Waals surface area contributed by atoms with Crippen LogP contribution in [0.2, 0.25) is 0 Å². The van der Waals surface area contributed by atoms with Gasteiger partial charge in [-0.15, -0.1) is 0 Å². The quantitative estimate of drug-likeness (QED) is 0.580. The number of para-hydroxylation sites is 1. The van der Waals surface area contributed by atoms with Gasteiger partial charge < -0.3 is 19.5 Å². The number of ether oxygens (including phenoxy) is 3. The highest BCUT2D eigenvalue weighted by Gasteiger charge is 2.16. The maximum atomic E-state index is 5.42. The van der Waals surface area contributed by atoms with Gasteiger partial charge in [0.25, 0.3) is 0 Å². The van der Waals surface area contributed by atoms with Crippen LogP contribution in [-0.2, 0) is 11.3 Å². The van der Waals surface area contributed by atoms with Crippen molar-refractivity contribution in [1.82, 2.24) is 5.32 Å². The Labute approximate surface area is 101 Å². The lowest BCUT2D eigenvalue weighted by molar-refractivity contribution is 0.173. The largest absolute Gasteiger partial charge is 0.502 e. The molecule has 4 heteroatoms. The van der Waals surface area contributed by atoms with E-state index in [0.29, 0.717) is 13.4 Å². The van der Waals surface area contributed by atoms with Gasteiger partial charge in [-0.3, -0.25) is 0 Å². The third-order valence-electron chi connectivity index (χ3n) is 2.53. The smallest absolute Gasteiger partial charge is 0.231 e. The molecule has 0 radical (unpaired) electrons. The Morgan fingerprint density at radius 3 is 3.24 bits per heavy atom. The van der Waals surface area contributed by atoms with Gasteiger partial charge >= 0.3 is 0 Å². The summed E-state index contributed by atoms with van der Waals surface area (Å²) in [5.74, 6) is 1.70. The second kappa shape index (κ2) is 6.15. The number of hydrogen-bond donors (Lipinski definition) is 1. The second-order valence-electron chi connectivity index (χ2n) is 3.72. The molecule has 1 heterocycles. The fraction of sp³-hybridized carbons (Fsp3) is 0.385.